The van der Waals surface area contributed by atoms with Crippen LogP contribution in [0.25, 0.3) is 10.8 Å². The molecule has 0 spiro atoms. The molecule has 1 aromatic heterocycles. The van der Waals surface area contributed by atoms with E-state index in [9.17, 15) is 4.79 Å². The van der Waals surface area contributed by atoms with Crippen molar-refractivity contribution in [3.63, 3.8) is 0 Å². The molecule has 104 valence electrons. The molecule has 3 heteroatoms. The highest BCUT2D eigenvalue weighted by Crippen LogP contribution is 2.22. The zero-order valence-electron chi connectivity index (χ0n) is 11.5. The highest BCUT2D eigenvalue weighted by molar-refractivity contribution is 5.94. The summed E-state index contributed by atoms with van der Waals surface area (Å²) in [6, 6.07) is 5.29. The Morgan fingerprint density at radius 2 is 2.05 bits per heavy atom. The van der Waals surface area contributed by atoms with Crippen molar-refractivity contribution in [3.05, 3.63) is 47.8 Å². The summed E-state index contributed by atoms with van der Waals surface area (Å²) < 4.78 is 2.17. The fraction of sp³-hybridized carbons (Fsp3) is 0.353. The number of carboxylic acids is 1. The lowest BCUT2D eigenvalue weighted by atomic mass is 9.97. The number of carbonyl (C=O) groups is 1. The van der Waals surface area contributed by atoms with E-state index in [1.165, 1.54) is 25.7 Å². The van der Waals surface area contributed by atoms with Crippen LogP contribution < -0.4 is 0 Å². The average molecular weight is 269 g/mol. The van der Waals surface area contributed by atoms with Crippen molar-refractivity contribution < 1.29 is 9.90 Å². The number of aromatic nitrogens is 1. The van der Waals surface area contributed by atoms with Crippen LogP contribution in [0.4, 0.5) is 0 Å². The molecule has 1 aliphatic carbocycles. The molecule has 1 aromatic carbocycles. The number of hydrogen-bond donors (Lipinski definition) is 1. The molecule has 0 bridgehead atoms. The van der Waals surface area contributed by atoms with Crippen LogP contribution in [0.15, 0.2) is 42.2 Å². The fourth-order valence-corrected chi connectivity index (χ4v) is 2.87. The molecule has 20 heavy (non-hydrogen) atoms. The van der Waals surface area contributed by atoms with Gasteiger partial charge in [-0.1, -0.05) is 17.7 Å². The molecule has 0 radical (unpaired) electrons. The molecule has 0 fully saturated rings. The number of fused-ring (bicyclic) bond motifs is 1. The molecule has 0 atom stereocenters. The first-order valence-electron chi connectivity index (χ1n) is 7.23. The number of hydrogen-bond acceptors (Lipinski definition) is 1. The van der Waals surface area contributed by atoms with Crippen LogP contribution in [0.5, 0.6) is 0 Å². The summed E-state index contributed by atoms with van der Waals surface area (Å²) in [6.45, 7) is 0.975. The molecule has 1 heterocycles. The van der Waals surface area contributed by atoms with Crippen molar-refractivity contribution in [2.75, 3.05) is 0 Å². The Hall–Kier alpha value is -2.03. The van der Waals surface area contributed by atoms with Crippen LogP contribution >= 0.6 is 0 Å². The molecule has 1 N–H and O–H groups in total. The number of carboxylic acid groups (broad SMARTS) is 1. The molecule has 3 nitrogen and oxygen atoms in total. The average Bonchev–Trinajstić information content (AvgIpc) is 2.88. The third-order valence-corrected chi connectivity index (χ3v) is 4.02. The van der Waals surface area contributed by atoms with E-state index in [2.05, 4.69) is 16.8 Å². The van der Waals surface area contributed by atoms with Gasteiger partial charge < -0.3 is 9.67 Å². The van der Waals surface area contributed by atoms with Crippen LogP contribution in [-0.4, -0.2) is 15.6 Å². The van der Waals surface area contributed by atoms with E-state index in [1.54, 1.807) is 17.7 Å². The largest absolute Gasteiger partial charge is 0.478 e. The Morgan fingerprint density at radius 3 is 2.80 bits per heavy atom. The minimum Gasteiger partial charge on any atom is -0.478 e. The Bertz CT molecular complexity index is 667. The molecule has 2 aromatic rings. The second-order valence-corrected chi connectivity index (χ2v) is 5.50. The Labute approximate surface area is 118 Å². The molecule has 0 saturated heterocycles. The number of allylic oxidation sites excluding steroid dienone is 2. The van der Waals surface area contributed by atoms with Crippen LogP contribution in [0.3, 0.4) is 0 Å². The van der Waals surface area contributed by atoms with Crippen molar-refractivity contribution in [1.82, 2.24) is 4.57 Å². The SMILES string of the molecule is O=C(O)c1ccc2cn(CCC3=CCCCC3)cc2c1. The minimum atomic E-state index is -0.869. The van der Waals surface area contributed by atoms with E-state index < -0.39 is 5.97 Å². The van der Waals surface area contributed by atoms with Crippen molar-refractivity contribution in [2.45, 2.75) is 38.6 Å². The van der Waals surface area contributed by atoms with Crippen LogP contribution in [0, 0.1) is 0 Å². The van der Waals surface area contributed by atoms with Crippen molar-refractivity contribution in [2.24, 2.45) is 0 Å². The Morgan fingerprint density at radius 1 is 1.20 bits per heavy atom. The Balaban J connectivity index is 1.75. The summed E-state index contributed by atoms with van der Waals surface area (Å²) in [7, 11) is 0. The number of aryl methyl sites for hydroxylation is 1. The smallest absolute Gasteiger partial charge is 0.335 e. The van der Waals surface area contributed by atoms with Gasteiger partial charge in [-0.15, -0.1) is 0 Å². The number of aromatic carboxylic acids is 1. The van der Waals surface area contributed by atoms with Gasteiger partial charge in [0.1, 0.15) is 0 Å². The van der Waals surface area contributed by atoms with Gasteiger partial charge in [0.15, 0.2) is 0 Å². The summed E-state index contributed by atoms with van der Waals surface area (Å²) in [5.74, 6) is -0.869. The van der Waals surface area contributed by atoms with Gasteiger partial charge in [0.25, 0.3) is 0 Å². The van der Waals surface area contributed by atoms with Crippen LogP contribution in [0.2, 0.25) is 0 Å². The summed E-state index contributed by atoms with van der Waals surface area (Å²) in [5, 5.41) is 11.1. The normalized spacial score (nSPS) is 15.3. The fourth-order valence-electron chi connectivity index (χ4n) is 2.87. The lowest BCUT2D eigenvalue weighted by molar-refractivity contribution is 0.0697. The van der Waals surface area contributed by atoms with Crippen LogP contribution in [0.1, 0.15) is 42.5 Å². The first-order valence-corrected chi connectivity index (χ1v) is 7.23. The van der Waals surface area contributed by atoms with E-state index in [0.717, 1.165) is 23.7 Å². The maximum Gasteiger partial charge on any atom is 0.335 e. The molecule has 1 aliphatic rings. The second-order valence-electron chi connectivity index (χ2n) is 5.50. The van der Waals surface area contributed by atoms with E-state index in [0.29, 0.717) is 5.56 Å². The molecule has 3 rings (SSSR count). The molecule has 0 aliphatic heterocycles. The maximum absolute atomic E-state index is 11.0. The molecule has 0 amide bonds. The first-order chi connectivity index (χ1) is 9.72. The third kappa shape index (κ3) is 2.77. The van der Waals surface area contributed by atoms with Gasteiger partial charge in [-0.3, -0.25) is 0 Å². The molecular formula is C17H19NO2. The monoisotopic (exact) mass is 269 g/mol. The van der Waals surface area contributed by atoms with Gasteiger partial charge in [-0.25, -0.2) is 4.79 Å². The van der Waals surface area contributed by atoms with Gasteiger partial charge >= 0.3 is 5.97 Å². The van der Waals surface area contributed by atoms with Crippen molar-refractivity contribution >= 4 is 16.7 Å². The van der Waals surface area contributed by atoms with Gasteiger partial charge in [-0.2, -0.15) is 0 Å². The predicted octanol–water partition coefficient (Wildman–Crippen LogP) is 4.23. The van der Waals surface area contributed by atoms with Crippen LogP contribution in [-0.2, 0) is 6.54 Å². The molecular weight excluding hydrogens is 250 g/mol. The maximum atomic E-state index is 11.0. The molecule has 0 saturated carbocycles. The summed E-state index contributed by atoms with van der Waals surface area (Å²) in [6.07, 6.45) is 12.8. The standard InChI is InChI=1S/C17H19NO2/c19-17(20)14-6-7-15-11-18(12-16(15)10-14)9-8-13-4-2-1-3-5-13/h4,6-7,10-12H,1-3,5,8-9H2,(H,19,20). The predicted molar refractivity (Wildman–Crippen MR) is 80.1 cm³/mol. The number of benzene rings is 1. The van der Waals surface area contributed by atoms with E-state index in [-0.39, 0.29) is 0 Å². The topological polar surface area (TPSA) is 42.2 Å². The quantitative estimate of drug-likeness (QED) is 0.844. The summed E-state index contributed by atoms with van der Waals surface area (Å²) >= 11 is 0. The van der Waals surface area contributed by atoms with E-state index >= 15 is 0 Å². The highest BCUT2D eigenvalue weighted by atomic mass is 16.4. The lowest BCUT2D eigenvalue weighted by Gasteiger charge is -2.12. The highest BCUT2D eigenvalue weighted by Gasteiger charge is 2.07. The van der Waals surface area contributed by atoms with Crippen molar-refractivity contribution in [3.8, 4) is 0 Å². The summed E-state index contributed by atoms with van der Waals surface area (Å²) in [4.78, 5) is 11.0. The van der Waals surface area contributed by atoms with E-state index in [1.807, 2.05) is 12.3 Å². The van der Waals surface area contributed by atoms with Gasteiger partial charge in [0, 0.05) is 24.3 Å². The first kappa shape index (κ1) is 13.0. The number of nitrogens with zero attached hydrogens (tertiary/aromatic N) is 1. The second kappa shape index (κ2) is 5.53. The zero-order chi connectivity index (χ0) is 13.9. The van der Waals surface area contributed by atoms with Gasteiger partial charge in [-0.05, 0) is 49.6 Å². The minimum absolute atomic E-state index is 0.352. The van der Waals surface area contributed by atoms with Gasteiger partial charge in [0.05, 0.1) is 5.56 Å². The van der Waals surface area contributed by atoms with Crippen molar-refractivity contribution in [1.29, 1.82) is 0 Å². The number of rotatable bonds is 4. The Kier molecular flexibility index (Phi) is 3.59. The lowest BCUT2D eigenvalue weighted by Crippen LogP contribution is -1.99. The van der Waals surface area contributed by atoms with E-state index in [4.69, 9.17) is 5.11 Å². The zero-order valence-corrected chi connectivity index (χ0v) is 11.5. The van der Waals surface area contributed by atoms with Gasteiger partial charge in [0.2, 0.25) is 0 Å². The summed E-state index contributed by atoms with van der Waals surface area (Å²) in [5.41, 5.74) is 1.92. The molecule has 0 unspecified atom stereocenters. The third-order valence-electron chi connectivity index (χ3n) is 4.02.